The van der Waals surface area contributed by atoms with Gasteiger partial charge in [-0.25, -0.2) is 4.98 Å². The molecule has 0 aliphatic carbocycles. The van der Waals surface area contributed by atoms with Gasteiger partial charge in [0.2, 0.25) is 11.8 Å². The molecule has 0 spiro atoms. The number of allylic oxidation sites excluding steroid dienone is 1. The zero-order valence-corrected chi connectivity index (χ0v) is 24.0. The molecule has 0 saturated carbocycles. The highest BCUT2D eigenvalue weighted by atomic mass is 32.1. The van der Waals surface area contributed by atoms with E-state index in [1.807, 2.05) is 54.9 Å². The normalized spacial score (nSPS) is 17.0. The van der Waals surface area contributed by atoms with Gasteiger partial charge in [0.25, 0.3) is 0 Å². The van der Waals surface area contributed by atoms with E-state index < -0.39 is 0 Å². The van der Waals surface area contributed by atoms with E-state index in [0.29, 0.717) is 11.8 Å². The minimum Gasteiger partial charge on any atom is -0.437 e. The van der Waals surface area contributed by atoms with Crippen molar-refractivity contribution in [3.8, 4) is 11.6 Å². The average molecular weight is 555 g/mol. The van der Waals surface area contributed by atoms with Crippen LogP contribution in [0.25, 0.3) is 10.2 Å². The number of nitrogens with one attached hydrogen (secondary N) is 2. The molecule has 2 saturated heterocycles. The summed E-state index contributed by atoms with van der Waals surface area (Å²) >= 11 is 1.58. The van der Waals surface area contributed by atoms with Crippen LogP contribution in [0.5, 0.6) is 11.6 Å². The van der Waals surface area contributed by atoms with Gasteiger partial charge in [0.05, 0.1) is 5.52 Å². The molecule has 0 radical (unpaired) electrons. The van der Waals surface area contributed by atoms with Crippen LogP contribution in [-0.4, -0.2) is 47.6 Å². The third-order valence-corrected chi connectivity index (χ3v) is 8.70. The summed E-state index contributed by atoms with van der Waals surface area (Å²) in [6, 6.07) is 18.5. The van der Waals surface area contributed by atoms with Gasteiger partial charge >= 0.3 is 0 Å². The number of fused-ring (bicyclic) bond motifs is 1. The number of hydrogen-bond donors (Lipinski definition) is 2. The van der Waals surface area contributed by atoms with Gasteiger partial charge in [0, 0.05) is 42.8 Å². The quantitative estimate of drug-likeness (QED) is 0.218. The van der Waals surface area contributed by atoms with Crippen molar-refractivity contribution in [2.24, 2.45) is 5.92 Å². The third-order valence-electron chi connectivity index (χ3n) is 7.81. The minimum atomic E-state index is 0.523. The SMILES string of the molecule is CC=CNc1cccc(Oc2nc(Nc3ccc(N4CCC(CN5CCCCC5)CC4)cc3)nc3ccsc23)c1. The van der Waals surface area contributed by atoms with Gasteiger partial charge in [0.15, 0.2) is 0 Å². The molecule has 0 unspecified atom stereocenters. The van der Waals surface area contributed by atoms with E-state index in [4.69, 9.17) is 14.7 Å². The molecule has 2 aromatic carbocycles. The Kier molecular flexibility index (Phi) is 8.44. The summed E-state index contributed by atoms with van der Waals surface area (Å²) in [5.74, 6) is 2.63. The molecule has 2 N–H and O–H groups in total. The first kappa shape index (κ1) is 26.6. The van der Waals surface area contributed by atoms with Crippen LogP contribution >= 0.6 is 11.3 Å². The topological polar surface area (TPSA) is 65.6 Å². The van der Waals surface area contributed by atoms with Crippen LogP contribution in [0.2, 0.25) is 0 Å². The Bertz CT molecular complexity index is 1420. The molecule has 2 aromatic heterocycles. The van der Waals surface area contributed by atoms with Gasteiger partial charge < -0.3 is 25.2 Å². The van der Waals surface area contributed by atoms with Gasteiger partial charge in [-0.1, -0.05) is 18.6 Å². The molecular formula is C32H38N6OS. The van der Waals surface area contributed by atoms with Crippen LogP contribution in [-0.2, 0) is 0 Å². The van der Waals surface area contributed by atoms with Gasteiger partial charge in [-0.05, 0) is 106 Å². The molecule has 4 heterocycles. The van der Waals surface area contributed by atoms with Crippen LogP contribution in [0.4, 0.5) is 23.0 Å². The standard InChI is InChI=1S/C32H38N6OS/c1-2-16-33-26-7-6-8-28(22-26)39-31-30-29(15-21-40-30)35-32(36-31)34-25-9-11-27(12-10-25)38-19-13-24(14-20-38)23-37-17-4-3-5-18-37/h2,6-12,15-16,21-22,24,33H,3-5,13-14,17-20,23H2,1H3,(H,34,35,36). The fourth-order valence-electron chi connectivity index (χ4n) is 5.67. The largest absolute Gasteiger partial charge is 0.437 e. The highest BCUT2D eigenvalue weighted by Gasteiger charge is 2.22. The zero-order valence-electron chi connectivity index (χ0n) is 23.2. The lowest BCUT2D eigenvalue weighted by molar-refractivity contribution is 0.181. The lowest BCUT2D eigenvalue weighted by Crippen LogP contribution is -2.40. The summed E-state index contributed by atoms with van der Waals surface area (Å²) in [6.07, 6.45) is 10.6. The second kappa shape index (κ2) is 12.7. The Morgan fingerprint density at radius 2 is 1.77 bits per heavy atom. The Hall–Kier alpha value is -3.62. The van der Waals surface area contributed by atoms with Crippen molar-refractivity contribution >= 4 is 44.6 Å². The molecule has 4 aromatic rings. The Balaban J connectivity index is 1.10. The highest BCUT2D eigenvalue weighted by Crippen LogP contribution is 2.34. The van der Waals surface area contributed by atoms with E-state index in [2.05, 4.69) is 44.7 Å². The van der Waals surface area contributed by atoms with Gasteiger partial charge in [-0.3, -0.25) is 0 Å². The molecule has 0 atom stereocenters. The number of nitrogens with zero attached hydrogens (tertiary/aromatic N) is 4. The van der Waals surface area contributed by atoms with Crippen LogP contribution in [0.1, 0.15) is 39.0 Å². The van der Waals surface area contributed by atoms with Crippen molar-refractivity contribution in [2.45, 2.75) is 39.0 Å². The number of anilines is 4. The predicted octanol–water partition coefficient (Wildman–Crippen LogP) is 7.88. The van der Waals surface area contributed by atoms with E-state index in [1.165, 1.54) is 57.4 Å². The summed E-state index contributed by atoms with van der Waals surface area (Å²) in [5, 5.41) is 8.64. The van der Waals surface area contributed by atoms with Crippen LogP contribution in [0.3, 0.4) is 0 Å². The molecule has 2 aliphatic rings. The molecule has 2 fully saturated rings. The molecule has 40 heavy (non-hydrogen) atoms. The van der Waals surface area contributed by atoms with Gasteiger partial charge in [0.1, 0.15) is 10.4 Å². The summed E-state index contributed by atoms with van der Waals surface area (Å²) < 4.78 is 7.18. The smallest absolute Gasteiger partial charge is 0.242 e. The molecule has 2 aliphatic heterocycles. The number of likely N-dealkylation sites (tertiary alicyclic amines) is 1. The number of aromatic nitrogens is 2. The first-order chi connectivity index (χ1) is 19.7. The van der Waals surface area contributed by atoms with Gasteiger partial charge in [-0.2, -0.15) is 4.98 Å². The van der Waals surface area contributed by atoms with Gasteiger partial charge in [-0.15, -0.1) is 11.3 Å². The van der Waals surface area contributed by atoms with E-state index >= 15 is 0 Å². The van der Waals surface area contributed by atoms with Crippen molar-refractivity contribution < 1.29 is 4.74 Å². The lowest BCUT2D eigenvalue weighted by Gasteiger charge is -2.37. The fraction of sp³-hybridized carbons (Fsp3) is 0.375. The maximum Gasteiger partial charge on any atom is 0.242 e. The summed E-state index contributed by atoms with van der Waals surface area (Å²) in [5.41, 5.74) is 4.06. The van der Waals surface area contributed by atoms with E-state index in [1.54, 1.807) is 11.3 Å². The average Bonchev–Trinajstić information content (AvgIpc) is 3.47. The second-order valence-electron chi connectivity index (χ2n) is 10.7. The summed E-state index contributed by atoms with van der Waals surface area (Å²) in [7, 11) is 0. The van der Waals surface area contributed by atoms with Crippen LogP contribution in [0, 0.1) is 5.92 Å². The maximum atomic E-state index is 6.25. The van der Waals surface area contributed by atoms with E-state index in [-0.39, 0.29) is 0 Å². The van der Waals surface area contributed by atoms with Crippen molar-refractivity contribution in [2.75, 3.05) is 48.3 Å². The van der Waals surface area contributed by atoms with Crippen molar-refractivity contribution in [3.05, 3.63) is 72.3 Å². The second-order valence-corrected chi connectivity index (χ2v) is 11.6. The number of hydrogen-bond acceptors (Lipinski definition) is 8. The Morgan fingerprint density at radius 1 is 0.950 bits per heavy atom. The third kappa shape index (κ3) is 6.57. The Morgan fingerprint density at radius 3 is 2.58 bits per heavy atom. The van der Waals surface area contributed by atoms with Crippen molar-refractivity contribution in [1.82, 2.24) is 14.9 Å². The minimum absolute atomic E-state index is 0.523. The molecule has 0 bridgehead atoms. The predicted molar refractivity (Wildman–Crippen MR) is 167 cm³/mol. The summed E-state index contributed by atoms with van der Waals surface area (Å²) in [6.45, 7) is 8.13. The number of rotatable bonds is 9. The molecular weight excluding hydrogens is 516 g/mol. The molecule has 7 nitrogen and oxygen atoms in total. The first-order valence-electron chi connectivity index (χ1n) is 14.5. The lowest BCUT2D eigenvalue weighted by atomic mass is 9.95. The van der Waals surface area contributed by atoms with Crippen LogP contribution < -0.4 is 20.3 Å². The molecule has 6 rings (SSSR count). The van der Waals surface area contributed by atoms with Crippen molar-refractivity contribution in [3.63, 3.8) is 0 Å². The number of ether oxygens (including phenoxy) is 1. The highest BCUT2D eigenvalue weighted by molar-refractivity contribution is 7.17. The maximum absolute atomic E-state index is 6.25. The fourth-order valence-corrected chi connectivity index (χ4v) is 6.42. The molecule has 208 valence electrons. The molecule has 0 amide bonds. The number of piperidine rings is 2. The molecule has 8 heteroatoms. The summed E-state index contributed by atoms with van der Waals surface area (Å²) in [4.78, 5) is 14.7. The van der Waals surface area contributed by atoms with Crippen LogP contribution in [0.15, 0.2) is 72.3 Å². The van der Waals surface area contributed by atoms with E-state index in [0.717, 1.165) is 46.3 Å². The first-order valence-corrected chi connectivity index (χ1v) is 15.4. The zero-order chi connectivity index (χ0) is 27.1. The number of thiophene rings is 1. The van der Waals surface area contributed by atoms with E-state index in [9.17, 15) is 0 Å². The Labute approximate surface area is 240 Å². The van der Waals surface area contributed by atoms with Crippen molar-refractivity contribution in [1.29, 1.82) is 0 Å². The number of benzene rings is 2. The monoisotopic (exact) mass is 554 g/mol.